The minimum atomic E-state index is -0.00646. The van der Waals surface area contributed by atoms with Gasteiger partial charge >= 0.3 is 0 Å². The van der Waals surface area contributed by atoms with Crippen molar-refractivity contribution in [2.45, 2.75) is 32.6 Å². The fraction of sp³-hybridized carbons (Fsp3) is 0.583. The number of nitrogens with two attached hydrogens (primary N) is 2. The summed E-state index contributed by atoms with van der Waals surface area (Å²) in [5.74, 6) is 0.367. The van der Waals surface area contributed by atoms with E-state index in [1.165, 1.54) is 5.57 Å². The first kappa shape index (κ1) is 11.8. The summed E-state index contributed by atoms with van der Waals surface area (Å²) in [4.78, 5) is 0. The van der Waals surface area contributed by atoms with E-state index in [9.17, 15) is 0 Å². The Balaban J connectivity index is 2.26. The number of hydrogen-bond acceptors (Lipinski definition) is 3. The number of allylic oxidation sites excluding steroid dienone is 2. The van der Waals surface area contributed by atoms with Gasteiger partial charge < -0.3 is 16.9 Å². The van der Waals surface area contributed by atoms with Crippen LogP contribution in [0.15, 0.2) is 21.9 Å². The van der Waals surface area contributed by atoms with Crippen LogP contribution in [0.5, 0.6) is 0 Å². The van der Waals surface area contributed by atoms with Crippen LogP contribution in [0, 0.1) is 16.7 Å². The van der Waals surface area contributed by atoms with Crippen molar-refractivity contribution < 1.29 is 0 Å². The second kappa shape index (κ2) is 4.31. The van der Waals surface area contributed by atoms with E-state index in [2.05, 4.69) is 23.2 Å². The molecule has 17 heavy (non-hydrogen) atoms. The van der Waals surface area contributed by atoms with Gasteiger partial charge in [-0.05, 0) is 43.4 Å². The first-order chi connectivity index (χ1) is 8.06. The molecule has 5 nitrogen and oxygen atoms in total. The Morgan fingerprint density at radius 3 is 2.94 bits per heavy atom. The molecule has 0 spiro atoms. The zero-order chi connectivity index (χ0) is 12.5. The molecule has 0 aromatic carbocycles. The molecule has 2 rings (SSSR count). The van der Waals surface area contributed by atoms with Gasteiger partial charge in [-0.1, -0.05) is 12.5 Å². The summed E-state index contributed by atoms with van der Waals surface area (Å²) in [7, 11) is 0. The van der Waals surface area contributed by atoms with Gasteiger partial charge in [-0.3, -0.25) is 0 Å². The van der Waals surface area contributed by atoms with Gasteiger partial charge in [0.05, 0.1) is 5.71 Å². The fourth-order valence-corrected chi connectivity index (χ4v) is 2.87. The molecule has 92 valence electrons. The van der Waals surface area contributed by atoms with E-state index in [0.29, 0.717) is 5.92 Å². The molecule has 2 aliphatic rings. The monoisotopic (exact) mass is 233 g/mol. The molecule has 2 aliphatic carbocycles. The maximum Gasteiger partial charge on any atom is 0.211 e. The fourth-order valence-electron chi connectivity index (χ4n) is 2.87. The molecule has 2 atom stereocenters. The molecule has 0 aromatic heterocycles. The highest BCUT2D eigenvalue weighted by Crippen LogP contribution is 2.51. The van der Waals surface area contributed by atoms with Gasteiger partial charge in [0.25, 0.3) is 0 Å². The van der Waals surface area contributed by atoms with E-state index in [1.54, 1.807) is 6.21 Å². The zero-order valence-corrected chi connectivity index (χ0v) is 10.1. The van der Waals surface area contributed by atoms with Crippen molar-refractivity contribution >= 4 is 17.9 Å². The number of rotatable bonds is 2. The van der Waals surface area contributed by atoms with E-state index in [0.717, 1.165) is 31.4 Å². The number of guanidine groups is 1. The smallest absolute Gasteiger partial charge is 0.211 e. The third-order valence-electron chi connectivity index (χ3n) is 4.01. The lowest BCUT2D eigenvalue weighted by Gasteiger charge is -2.34. The molecule has 5 N–H and O–H groups in total. The molecule has 1 saturated carbocycles. The normalized spacial score (nSPS) is 34.1. The maximum absolute atomic E-state index is 7.50. The third-order valence-corrected chi connectivity index (χ3v) is 4.01. The van der Waals surface area contributed by atoms with Crippen LogP contribution < -0.4 is 11.5 Å². The average Bonchev–Trinajstić information content (AvgIpc) is 2.62. The Morgan fingerprint density at radius 2 is 2.29 bits per heavy atom. The van der Waals surface area contributed by atoms with Crippen molar-refractivity contribution in [2.24, 2.45) is 33.0 Å². The second-order valence-electron chi connectivity index (χ2n) is 5.02. The van der Waals surface area contributed by atoms with Crippen LogP contribution in [-0.2, 0) is 0 Å². The van der Waals surface area contributed by atoms with Crippen molar-refractivity contribution in [1.82, 2.24) is 0 Å². The Morgan fingerprint density at radius 1 is 1.53 bits per heavy atom. The summed E-state index contributed by atoms with van der Waals surface area (Å²) in [6, 6.07) is 0. The number of nitrogens with one attached hydrogen (secondary N) is 1. The zero-order valence-electron chi connectivity index (χ0n) is 10.1. The average molecular weight is 233 g/mol. The van der Waals surface area contributed by atoms with Crippen LogP contribution in [-0.4, -0.2) is 17.9 Å². The van der Waals surface area contributed by atoms with E-state index in [1.807, 2.05) is 0 Å². The van der Waals surface area contributed by atoms with Crippen molar-refractivity contribution in [2.75, 3.05) is 0 Å². The van der Waals surface area contributed by atoms with Crippen LogP contribution in [0.3, 0.4) is 0 Å². The minimum absolute atomic E-state index is 0.00646. The first-order valence-corrected chi connectivity index (χ1v) is 5.93. The SMILES string of the molecule is C[C@]12CC/C(=N\N=C(N)N)C=C1CC[C@@H]2C=N. The molecule has 1 fully saturated rings. The van der Waals surface area contributed by atoms with Gasteiger partial charge in [0.15, 0.2) is 0 Å². The maximum atomic E-state index is 7.50. The van der Waals surface area contributed by atoms with Crippen LogP contribution >= 0.6 is 0 Å². The molecule has 0 saturated heterocycles. The van der Waals surface area contributed by atoms with Crippen molar-refractivity contribution in [3.63, 3.8) is 0 Å². The van der Waals surface area contributed by atoms with Gasteiger partial charge in [0.2, 0.25) is 5.96 Å². The summed E-state index contributed by atoms with van der Waals surface area (Å²) in [5.41, 5.74) is 13.0. The number of fused-ring (bicyclic) bond motifs is 1. The van der Waals surface area contributed by atoms with E-state index < -0.39 is 0 Å². The van der Waals surface area contributed by atoms with Crippen molar-refractivity contribution in [3.8, 4) is 0 Å². The largest absolute Gasteiger partial charge is 0.369 e. The first-order valence-electron chi connectivity index (χ1n) is 5.93. The Bertz CT molecular complexity index is 417. The summed E-state index contributed by atoms with van der Waals surface area (Å²) in [5, 5.41) is 15.2. The lowest BCUT2D eigenvalue weighted by molar-refractivity contribution is 0.326. The molecular weight excluding hydrogens is 214 g/mol. The highest BCUT2D eigenvalue weighted by molar-refractivity contribution is 5.97. The molecule has 5 heteroatoms. The van der Waals surface area contributed by atoms with Gasteiger partial charge in [-0.2, -0.15) is 5.10 Å². The van der Waals surface area contributed by atoms with Gasteiger partial charge in [-0.15, -0.1) is 5.10 Å². The predicted molar refractivity (Wildman–Crippen MR) is 70.2 cm³/mol. The Hall–Kier alpha value is -1.65. The summed E-state index contributed by atoms with van der Waals surface area (Å²) < 4.78 is 0. The van der Waals surface area contributed by atoms with Gasteiger partial charge in [0.1, 0.15) is 0 Å². The van der Waals surface area contributed by atoms with Crippen molar-refractivity contribution in [1.29, 1.82) is 5.41 Å². The lowest BCUT2D eigenvalue weighted by atomic mass is 9.70. The van der Waals surface area contributed by atoms with E-state index in [-0.39, 0.29) is 11.4 Å². The Kier molecular flexibility index (Phi) is 3.00. The van der Waals surface area contributed by atoms with Crippen LogP contribution in [0.2, 0.25) is 0 Å². The lowest BCUT2D eigenvalue weighted by Crippen LogP contribution is -2.28. The second-order valence-corrected chi connectivity index (χ2v) is 5.02. The van der Waals surface area contributed by atoms with Crippen LogP contribution in [0.4, 0.5) is 0 Å². The van der Waals surface area contributed by atoms with Crippen LogP contribution in [0.1, 0.15) is 32.6 Å². The van der Waals surface area contributed by atoms with Crippen LogP contribution in [0.25, 0.3) is 0 Å². The molecule has 0 radical (unpaired) electrons. The molecule has 0 aromatic rings. The highest BCUT2D eigenvalue weighted by Gasteiger charge is 2.43. The molecule has 0 unspecified atom stereocenters. The summed E-state index contributed by atoms with van der Waals surface area (Å²) in [6.45, 7) is 2.25. The molecule has 0 bridgehead atoms. The van der Waals surface area contributed by atoms with Crippen molar-refractivity contribution in [3.05, 3.63) is 11.6 Å². The highest BCUT2D eigenvalue weighted by atomic mass is 15.3. The van der Waals surface area contributed by atoms with E-state index in [4.69, 9.17) is 16.9 Å². The molecule has 0 amide bonds. The standard InChI is InChI=1S/C12H19N5/c1-12-5-4-10(16-17-11(14)15)6-8(12)2-3-9(12)7-13/h6-7,9,13H,2-5H2,1H3,(H4,14,15,17)/b13-7?,16-10+/t9-,12+/m1/s1. The summed E-state index contributed by atoms with van der Waals surface area (Å²) >= 11 is 0. The molecule has 0 aliphatic heterocycles. The quantitative estimate of drug-likeness (QED) is 0.381. The molecule has 0 heterocycles. The molecular formula is C12H19N5. The number of nitrogens with zero attached hydrogens (tertiary/aromatic N) is 2. The van der Waals surface area contributed by atoms with Gasteiger partial charge in [0, 0.05) is 5.92 Å². The summed E-state index contributed by atoms with van der Waals surface area (Å²) in [6.07, 6.45) is 7.73. The van der Waals surface area contributed by atoms with Gasteiger partial charge in [-0.25, -0.2) is 0 Å². The minimum Gasteiger partial charge on any atom is -0.369 e. The van der Waals surface area contributed by atoms with E-state index >= 15 is 0 Å². The third kappa shape index (κ3) is 2.09. The topological polar surface area (TPSA) is 101 Å². The Labute approximate surface area is 101 Å². The number of hydrogen-bond donors (Lipinski definition) is 3. The predicted octanol–water partition coefficient (Wildman–Crippen LogP) is 1.40.